The van der Waals surface area contributed by atoms with Gasteiger partial charge in [-0.3, -0.25) is 4.57 Å². The van der Waals surface area contributed by atoms with Gasteiger partial charge >= 0.3 is 7.67 Å². The molecule has 174 valence electrons. The maximum Gasteiger partial charge on any atom is 0.345 e. The van der Waals surface area contributed by atoms with Gasteiger partial charge in [-0.15, -0.1) is 23.2 Å². The number of alkyl halides is 2. The molecule has 0 spiro atoms. The Hall–Kier alpha value is -0.130. The molecule has 1 aliphatic rings. The first kappa shape index (κ1) is 27.9. The van der Waals surface area contributed by atoms with E-state index in [9.17, 15) is 4.57 Å². The van der Waals surface area contributed by atoms with Crippen LogP contribution in [0, 0.1) is 0 Å². The lowest BCUT2D eigenvalue weighted by Crippen LogP contribution is -2.44. The van der Waals surface area contributed by atoms with Crippen LogP contribution >= 0.6 is 30.9 Å². The van der Waals surface area contributed by atoms with Gasteiger partial charge in [0.15, 0.2) is 0 Å². The molecule has 1 fully saturated rings. The molecule has 1 aliphatic heterocycles. The smallest absolute Gasteiger partial charge is 0.345 e. The fourth-order valence-electron chi connectivity index (χ4n) is 3.16. The molecule has 1 heterocycles. The van der Waals surface area contributed by atoms with Crippen molar-refractivity contribution in [1.82, 2.24) is 9.76 Å². The second-order valence-electron chi connectivity index (χ2n) is 7.84. The van der Waals surface area contributed by atoms with Gasteiger partial charge < -0.3 is 9.26 Å². The highest BCUT2D eigenvalue weighted by Gasteiger charge is 2.40. The molecule has 1 N–H and O–H groups in total. The SMILES string of the molecule is CC(C)=CCC/C(C)=C/CC/C(C)=C/COC1CCOP(=O)(NCCCl)N1CCCl. The third kappa shape index (κ3) is 10.9. The van der Waals surface area contributed by atoms with Gasteiger partial charge in [0.25, 0.3) is 0 Å². The summed E-state index contributed by atoms with van der Waals surface area (Å²) in [4.78, 5) is 0. The van der Waals surface area contributed by atoms with Gasteiger partial charge in [0.2, 0.25) is 0 Å². The van der Waals surface area contributed by atoms with Crippen molar-refractivity contribution in [2.24, 2.45) is 0 Å². The molecule has 1 saturated heterocycles. The first-order valence-electron chi connectivity index (χ1n) is 10.8. The van der Waals surface area contributed by atoms with Crippen LogP contribution < -0.4 is 5.09 Å². The zero-order valence-electron chi connectivity index (χ0n) is 19.0. The highest BCUT2D eigenvalue weighted by molar-refractivity contribution is 7.54. The van der Waals surface area contributed by atoms with Gasteiger partial charge in [-0.05, 0) is 53.4 Å². The van der Waals surface area contributed by atoms with E-state index in [4.69, 9.17) is 32.5 Å². The van der Waals surface area contributed by atoms with Gasteiger partial charge in [0.1, 0.15) is 6.23 Å². The van der Waals surface area contributed by atoms with Crippen LogP contribution in [0.15, 0.2) is 34.9 Å². The largest absolute Gasteiger partial charge is 0.358 e. The summed E-state index contributed by atoms with van der Waals surface area (Å²) in [5.74, 6) is 0.711. The summed E-state index contributed by atoms with van der Waals surface area (Å²) in [6.07, 6.45) is 11.4. The summed E-state index contributed by atoms with van der Waals surface area (Å²) >= 11 is 11.7. The van der Waals surface area contributed by atoms with E-state index in [1.807, 2.05) is 0 Å². The lowest BCUT2D eigenvalue weighted by Gasteiger charge is -2.40. The predicted octanol–water partition coefficient (Wildman–Crippen LogP) is 6.65. The Bertz CT molecular complexity index is 634. The first-order valence-corrected chi connectivity index (χ1v) is 13.4. The molecule has 0 radical (unpaired) electrons. The number of hydrogen-bond acceptors (Lipinski definition) is 3. The van der Waals surface area contributed by atoms with E-state index in [0.29, 0.717) is 44.5 Å². The van der Waals surface area contributed by atoms with Crippen molar-refractivity contribution < 1.29 is 13.8 Å². The Kier molecular flexibility index (Phi) is 14.5. The Morgan fingerprint density at radius 2 is 1.77 bits per heavy atom. The zero-order chi connectivity index (χ0) is 22.4. The van der Waals surface area contributed by atoms with Crippen molar-refractivity contribution in [2.45, 2.75) is 66.0 Å². The van der Waals surface area contributed by atoms with Crippen LogP contribution in [0.3, 0.4) is 0 Å². The van der Waals surface area contributed by atoms with Gasteiger partial charge in [-0.2, -0.15) is 4.67 Å². The summed E-state index contributed by atoms with van der Waals surface area (Å²) in [5, 5.41) is 2.93. The summed E-state index contributed by atoms with van der Waals surface area (Å²) in [7, 11) is -3.16. The minimum atomic E-state index is -3.16. The van der Waals surface area contributed by atoms with Crippen molar-refractivity contribution >= 4 is 30.9 Å². The van der Waals surface area contributed by atoms with E-state index in [0.717, 1.165) is 25.7 Å². The molecule has 2 unspecified atom stereocenters. The van der Waals surface area contributed by atoms with E-state index in [1.54, 1.807) is 4.67 Å². The van der Waals surface area contributed by atoms with Gasteiger partial charge in [0.05, 0.1) is 13.2 Å². The minimum absolute atomic E-state index is 0.285. The second-order valence-corrected chi connectivity index (χ2v) is 10.7. The fourth-order valence-corrected chi connectivity index (χ4v) is 5.74. The number of ether oxygens (including phenoxy) is 1. The van der Waals surface area contributed by atoms with Gasteiger partial charge in [-0.1, -0.05) is 34.9 Å². The van der Waals surface area contributed by atoms with Crippen LogP contribution in [0.2, 0.25) is 0 Å². The molecule has 30 heavy (non-hydrogen) atoms. The van der Waals surface area contributed by atoms with E-state index in [1.165, 1.54) is 16.7 Å². The molecular formula is C22H39Cl2N2O3P. The molecule has 1 rings (SSSR count). The molecule has 8 heteroatoms. The van der Waals surface area contributed by atoms with Crippen molar-refractivity contribution in [1.29, 1.82) is 0 Å². The Labute approximate surface area is 193 Å². The number of rotatable bonds is 14. The molecule has 0 amide bonds. The highest BCUT2D eigenvalue weighted by atomic mass is 35.5. The van der Waals surface area contributed by atoms with E-state index in [-0.39, 0.29) is 6.23 Å². The molecule has 2 atom stereocenters. The summed E-state index contributed by atoms with van der Waals surface area (Å²) in [5.41, 5.74) is 4.11. The third-order valence-electron chi connectivity index (χ3n) is 4.86. The molecule has 0 aromatic heterocycles. The Morgan fingerprint density at radius 1 is 1.10 bits per heavy atom. The summed E-state index contributed by atoms with van der Waals surface area (Å²) < 4.78 is 26.4. The standard InChI is InChI=1S/C22H39Cl2N2O3P/c1-19(2)7-5-8-20(3)9-6-10-21(4)11-17-28-22-12-18-29-30(27,25-15-13-23)26(22)16-14-24/h7,9,11,22H,5-6,8,10,12-18H2,1-4H3,(H,25,27)/b20-9+,21-11+. The monoisotopic (exact) mass is 480 g/mol. The molecular weight excluding hydrogens is 442 g/mol. The van der Waals surface area contributed by atoms with Crippen LogP contribution in [0.1, 0.15) is 59.8 Å². The summed E-state index contributed by atoms with van der Waals surface area (Å²) in [6.45, 7) is 10.3. The topological polar surface area (TPSA) is 50.8 Å². The zero-order valence-corrected chi connectivity index (χ0v) is 21.4. The van der Waals surface area contributed by atoms with Gasteiger partial charge in [-0.25, -0.2) is 5.09 Å². The van der Waals surface area contributed by atoms with Crippen LogP contribution in [0.4, 0.5) is 0 Å². The first-order chi connectivity index (χ1) is 14.3. The number of nitrogens with zero attached hydrogens (tertiary/aromatic N) is 1. The molecule has 5 nitrogen and oxygen atoms in total. The number of nitrogens with one attached hydrogen (secondary N) is 1. The maximum atomic E-state index is 13.1. The van der Waals surface area contributed by atoms with Crippen molar-refractivity contribution in [3.8, 4) is 0 Å². The molecule has 0 bridgehead atoms. The molecule has 0 aromatic carbocycles. The van der Waals surface area contributed by atoms with Crippen LogP contribution in [0.5, 0.6) is 0 Å². The number of hydrogen-bond donors (Lipinski definition) is 1. The number of allylic oxidation sites excluding steroid dienone is 5. The minimum Gasteiger partial charge on any atom is -0.358 e. The normalized spacial score (nSPS) is 23.6. The average molecular weight is 481 g/mol. The van der Waals surface area contributed by atoms with Gasteiger partial charge in [0, 0.05) is 31.3 Å². The van der Waals surface area contributed by atoms with E-state index < -0.39 is 7.67 Å². The van der Waals surface area contributed by atoms with E-state index in [2.05, 4.69) is 51.0 Å². The van der Waals surface area contributed by atoms with Crippen LogP contribution in [-0.2, 0) is 13.8 Å². The Balaban J connectivity index is 2.49. The Morgan fingerprint density at radius 3 is 2.40 bits per heavy atom. The molecule has 0 aliphatic carbocycles. The maximum absolute atomic E-state index is 13.1. The molecule has 0 saturated carbocycles. The highest BCUT2D eigenvalue weighted by Crippen LogP contribution is 2.51. The van der Waals surface area contributed by atoms with Crippen molar-refractivity contribution in [2.75, 3.05) is 38.1 Å². The second kappa shape index (κ2) is 15.6. The van der Waals surface area contributed by atoms with Crippen molar-refractivity contribution in [3.63, 3.8) is 0 Å². The molecule has 0 aromatic rings. The lowest BCUT2D eigenvalue weighted by atomic mass is 10.1. The number of halogens is 2. The quantitative estimate of drug-likeness (QED) is 0.171. The van der Waals surface area contributed by atoms with Crippen LogP contribution in [0.25, 0.3) is 0 Å². The van der Waals surface area contributed by atoms with E-state index >= 15 is 0 Å². The average Bonchev–Trinajstić information content (AvgIpc) is 2.69. The fraction of sp³-hybridized carbons (Fsp3) is 0.727. The third-order valence-corrected chi connectivity index (χ3v) is 7.51. The van der Waals surface area contributed by atoms with Crippen molar-refractivity contribution in [3.05, 3.63) is 34.9 Å². The predicted molar refractivity (Wildman–Crippen MR) is 129 cm³/mol. The summed E-state index contributed by atoms with van der Waals surface area (Å²) in [6, 6.07) is 0. The lowest BCUT2D eigenvalue weighted by molar-refractivity contribution is -0.0424. The van der Waals surface area contributed by atoms with Crippen LogP contribution in [-0.4, -0.2) is 49.0 Å².